The summed E-state index contributed by atoms with van der Waals surface area (Å²) in [5.41, 5.74) is 0.817. The quantitative estimate of drug-likeness (QED) is 0.717. The Morgan fingerprint density at radius 1 is 1.07 bits per heavy atom. The smallest absolute Gasteiger partial charge is 0.253 e. The van der Waals surface area contributed by atoms with Gasteiger partial charge in [0.1, 0.15) is 6.04 Å². The number of carbonyl (C=O) groups is 2. The van der Waals surface area contributed by atoms with Gasteiger partial charge in [-0.2, -0.15) is 0 Å². The molecule has 6 nitrogen and oxygen atoms in total. The van der Waals surface area contributed by atoms with Crippen LogP contribution in [-0.4, -0.2) is 24.6 Å². The third-order valence-corrected chi connectivity index (χ3v) is 4.69. The zero-order valence-corrected chi connectivity index (χ0v) is 16.9. The van der Waals surface area contributed by atoms with Crippen molar-refractivity contribution in [3.8, 4) is 11.5 Å². The molecule has 0 saturated heterocycles. The van der Waals surface area contributed by atoms with Crippen LogP contribution in [0.2, 0.25) is 10.0 Å². The predicted molar refractivity (Wildman–Crippen MR) is 108 cm³/mol. The van der Waals surface area contributed by atoms with E-state index in [1.54, 1.807) is 24.3 Å². The summed E-state index contributed by atoms with van der Waals surface area (Å²) < 4.78 is 10.6. The highest BCUT2D eigenvalue weighted by Crippen LogP contribution is 2.34. The number of amides is 2. The van der Waals surface area contributed by atoms with Crippen LogP contribution >= 0.6 is 23.2 Å². The van der Waals surface area contributed by atoms with Crippen LogP contribution in [0.25, 0.3) is 0 Å². The lowest BCUT2D eigenvalue weighted by atomic mass is 10.0. The Hall–Kier alpha value is -2.44. The van der Waals surface area contributed by atoms with E-state index >= 15 is 0 Å². The van der Waals surface area contributed by atoms with E-state index < -0.39 is 11.9 Å². The van der Waals surface area contributed by atoms with E-state index in [9.17, 15) is 9.59 Å². The summed E-state index contributed by atoms with van der Waals surface area (Å²) in [6.45, 7) is 4.10. The monoisotopic (exact) mass is 422 g/mol. The third kappa shape index (κ3) is 4.88. The van der Waals surface area contributed by atoms with Crippen LogP contribution in [0.1, 0.15) is 30.6 Å². The molecule has 2 aromatic carbocycles. The van der Waals surface area contributed by atoms with Crippen LogP contribution in [0.5, 0.6) is 11.5 Å². The lowest BCUT2D eigenvalue weighted by molar-refractivity contribution is -0.118. The Bertz CT molecular complexity index is 902. The zero-order valence-electron chi connectivity index (χ0n) is 15.4. The first-order valence-electron chi connectivity index (χ1n) is 8.80. The number of nitrogens with one attached hydrogen (secondary N) is 2. The van der Waals surface area contributed by atoms with Gasteiger partial charge >= 0.3 is 0 Å². The van der Waals surface area contributed by atoms with Gasteiger partial charge in [-0.1, -0.05) is 37.0 Å². The molecule has 0 spiro atoms. The molecule has 0 radical (unpaired) electrons. The second-order valence-electron chi connectivity index (χ2n) is 6.84. The number of ether oxygens (including phenoxy) is 2. The first-order valence-corrected chi connectivity index (χ1v) is 9.55. The summed E-state index contributed by atoms with van der Waals surface area (Å²) in [5.74, 6) is 0.616. The maximum absolute atomic E-state index is 12.8. The van der Waals surface area contributed by atoms with Gasteiger partial charge in [-0.3, -0.25) is 9.59 Å². The van der Waals surface area contributed by atoms with Crippen LogP contribution in [0.15, 0.2) is 36.4 Å². The highest BCUT2D eigenvalue weighted by molar-refractivity contribution is 6.36. The van der Waals surface area contributed by atoms with Crippen molar-refractivity contribution in [2.45, 2.75) is 26.3 Å². The molecule has 2 N–H and O–H groups in total. The number of fused-ring (bicyclic) bond motifs is 1. The number of hydrogen-bond donors (Lipinski definition) is 2. The topological polar surface area (TPSA) is 76.7 Å². The van der Waals surface area contributed by atoms with Gasteiger partial charge in [-0.05, 0) is 42.7 Å². The Kier molecular flexibility index (Phi) is 6.31. The molecule has 1 aliphatic heterocycles. The summed E-state index contributed by atoms with van der Waals surface area (Å²) in [7, 11) is 0. The summed E-state index contributed by atoms with van der Waals surface area (Å²) in [5, 5.41) is 6.23. The van der Waals surface area contributed by atoms with E-state index in [-0.39, 0.29) is 29.2 Å². The largest absolute Gasteiger partial charge is 0.454 e. The fourth-order valence-corrected chi connectivity index (χ4v) is 3.31. The second-order valence-corrected chi connectivity index (χ2v) is 7.68. The van der Waals surface area contributed by atoms with E-state index in [4.69, 9.17) is 32.7 Å². The van der Waals surface area contributed by atoms with E-state index in [2.05, 4.69) is 10.6 Å². The van der Waals surface area contributed by atoms with E-state index in [0.29, 0.717) is 28.6 Å². The minimum atomic E-state index is -0.732. The summed E-state index contributed by atoms with van der Waals surface area (Å²) in [6.07, 6.45) is 0.466. The number of hydrogen-bond acceptors (Lipinski definition) is 4. The molecule has 0 unspecified atom stereocenters. The minimum absolute atomic E-state index is 0.153. The Morgan fingerprint density at radius 2 is 1.82 bits per heavy atom. The fourth-order valence-electron chi connectivity index (χ4n) is 2.82. The Labute approximate surface area is 173 Å². The van der Waals surface area contributed by atoms with Gasteiger partial charge in [0.05, 0.1) is 10.6 Å². The van der Waals surface area contributed by atoms with E-state index in [0.717, 1.165) is 0 Å². The molecular weight excluding hydrogens is 403 g/mol. The molecular formula is C20H20Cl2N2O4. The molecule has 0 bridgehead atoms. The molecule has 2 amide bonds. The standard InChI is InChI=1S/C20H20Cl2N2O4/c1-11(2)7-16(24-19(25)14-5-3-12(21)8-15(14)22)20(26)23-13-4-6-17-18(9-13)28-10-27-17/h3-6,8-9,11,16H,7,10H2,1-2H3,(H,23,26)(H,24,25)/t16-/m0/s1. The van der Waals surface area contributed by atoms with Gasteiger partial charge < -0.3 is 20.1 Å². The van der Waals surface area contributed by atoms with Gasteiger partial charge in [0, 0.05) is 16.8 Å². The Balaban J connectivity index is 1.73. The maximum atomic E-state index is 12.8. The van der Waals surface area contributed by atoms with E-state index in [1.165, 1.54) is 12.1 Å². The number of carbonyl (C=O) groups excluding carboxylic acids is 2. The molecule has 3 rings (SSSR count). The van der Waals surface area contributed by atoms with Crippen LogP contribution in [0.3, 0.4) is 0 Å². The molecule has 28 heavy (non-hydrogen) atoms. The molecule has 0 fully saturated rings. The van der Waals surface area contributed by atoms with Crippen LogP contribution in [-0.2, 0) is 4.79 Å². The Morgan fingerprint density at radius 3 is 2.54 bits per heavy atom. The lowest BCUT2D eigenvalue weighted by Gasteiger charge is -2.20. The SMILES string of the molecule is CC(C)C[C@H](NC(=O)c1ccc(Cl)cc1Cl)C(=O)Nc1ccc2c(c1)OCO2. The van der Waals surface area contributed by atoms with Crippen molar-refractivity contribution in [1.29, 1.82) is 0 Å². The highest BCUT2D eigenvalue weighted by Gasteiger charge is 2.24. The van der Waals surface area contributed by atoms with Gasteiger partial charge in [0.2, 0.25) is 12.7 Å². The fraction of sp³-hybridized carbons (Fsp3) is 0.300. The number of anilines is 1. The van der Waals surface area contributed by atoms with Gasteiger partial charge in [-0.25, -0.2) is 0 Å². The van der Waals surface area contributed by atoms with Gasteiger partial charge in [0.15, 0.2) is 11.5 Å². The number of benzene rings is 2. The summed E-state index contributed by atoms with van der Waals surface area (Å²) in [6, 6.07) is 8.99. The second kappa shape index (κ2) is 8.71. The van der Waals surface area contributed by atoms with Crippen molar-refractivity contribution in [3.05, 3.63) is 52.0 Å². The molecule has 0 aliphatic carbocycles. The molecule has 1 aliphatic rings. The highest BCUT2D eigenvalue weighted by atomic mass is 35.5. The van der Waals surface area contributed by atoms with Crippen molar-refractivity contribution in [1.82, 2.24) is 5.32 Å². The molecule has 0 aromatic heterocycles. The number of halogens is 2. The van der Waals surface area contributed by atoms with Crippen molar-refractivity contribution in [2.24, 2.45) is 5.92 Å². The van der Waals surface area contributed by atoms with Crippen molar-refractivity contribution in [2.75, 3.05) is 12.1 Å². The minimum Gasteiger partial charge on any atom is -0.454 e. The maximum Gasteiger partial charge on any atom is 0.253 e. The normalized spacial score (nSPS) is 13.3. The average Bonchev–Trinajstić information content (AvgIpc) is 3.08. The zero-order chi connectivity index (χ0) is 20.3. The van der Waals surface area contributed by atoms with Crippen LogP contribution < -0.4 is 20.1 Å². The third-order valence-electron chi connectivity index (χ3n) is 4.14. The number of rotatable bonds is 6. The molecule has 8 heteroatoms. The van der Waals surface area contributed by atoms with E-state index in [1.807, 2.05) is 13.8 Å². The van der Waals surface area contributed by atoms with Crippen LogP contribution in [0.4, 0.5) is 5.69 Å². The first kappa shape index (κ1) is 20.3. The van der Waals surface area contributed by atoms with Crippen LogP contribution in [0, 0.1) is 5.92 Å². The van der Waals surface area contributed by atoms with Crippen molar-refractivity contribution < 1.29 is 19.1 Å². The summed E-state index contributed by atoms with van der Waals surface area (Å²) in [4.78, 5) is 25.4. The lowest BCUT2D eigenvalue weighted by Crippen LogP contribution is -2.44. The predicted octanol–water partition coefficient (Wildman–Crippen LogP) is 4.51. The van der Waals surface area contributed by atoms with Gasteiger partial charge in [0.25, 0.3) is 5.91 Å². The van der Waals surface area contributed by atoms with Gasteiger partial charge in [-0.15, -0.1) is 0 Å². The molecule has 1 atom stereocenters. The molecule has 0 saturated carbocycles. The molecule has 2 aromatic rings. The molecule has 148 valence electrons. The first-order chi connectivity index (χ1) is 13.3. The van der Waals surface area contributed by atoms with Crippen molar-refractivity contribution >= 4 is 40.7 Å². The van der Waals surface area contributed by atoms with Crippen molar-refractivity contribution in [3.63, 3.8) is 0 Å². The molecule has 1 heterocycles. The summed E-state index contributed by atoms with van der Waals surface area (Å²) >= 11 is 12.0. The average molecular weight is 423 g/mol.